The van der Waals surface area contributed by atoms with E-state index in [1.54, 1.807) is 4.90 Å². The van der Waals surface area contributed by atoms with Gasteiger partial charge in [-0.25, -0.2) is 0 Å². The Labute approximate surface area is 130 Å². The summed E-state index contributed by atoms with van der Waals surface area (Å²) in [6.07, 6.45) is 0. The molecule has 0 bridgehead atoms. The lowest BCUT2D eigenvalue weighted by Gasteiger charge is -2.30. The van der Waals surface area contributed by atoms with E-state index in [2.05, 4.69) is 5.32 Å². The van der Waals surface area contributed by atoms with Gasteiger partial charge in [0, 0.05) is 0 Å². The maximum Gasteiger partial charge on any atom is 0.246 e. The number of nitrogens with one attached hydrogen (secondary N) is 1. The lowest BCUT2D eigenvalue weighted by atomic mass is 10.1. The van der Waals surface area contributed by atoms with E-state index in [1.807, 2.05) is 39.0 Å². The summed E-state index contributed by atoms with van der Waals surface area (Å²) < 4.78 is 5.58. The predicted octanol–water partition coefficient (Wildman–Crippen LogP) is 0.820. The van der Waals surface area contributed by atoms with Gasteiger partial charge in [-0.15, -0.1) is 0 Å². The van der Waals surface area contributed by atoms with Crippen LogP contribution < -0.4 is 20.7 Å². The summed E-state index contributed by atoms with van der Waals surface area (Å²) in [5.74, 6) is 0.255. The Morgan fingerprint density at radius 2 is 2.14 bits per heavy atom. The molecule has 2 amide bonds. The summed E-state index contributed by atoms with van der Waals surface area (Å²) in [5.41, 5.74) is 7.57. The first-order valence-electron chi connectivity index (χ1n) is 7.47. The van der Waals surface area contributed by atoms with Gasteiger partial charge in [0.1, 0.15) is 12.4 Å². The van der Waals surface area contributed by atoms with E-state index in [0.29, 0.717) is 18.9 Å². The lowest BCUT2D eigenvalue weighted by Crippen LogP contribution is -2.49. The van der Waals surface area contributed by atoms with Crippen molar-refractivity contribution in [3.63, 3.8) is 0 Å². The summed E-state index contributed by atoms with van der Waals surface area (Å²) in [4.78, 5) is 25.8. The van der Waals surface area contributed by atoms with Crippen molar-refractivity contribution >= 4 is 17.5 Å². The fraction of sp³-hybridized carbons (Fsp3) is 0.500. The molecule has 0 aliphatic carbocycles. The Hall–Kier alpha value is -2.08. The normalized spacial score (nSPS) is 15.0. The molecule has 1 atom stereocenters. The van der Waals surface area contributed by atoms with E-state index in [-0.39, 0.29) is 24.3 Å². The highest BCUT2D eigenvalue weighted by Crippen LogP contribution is 2.32. The molecule has 0 unspecified atom stereocenters. The third kappa shape index (κ3) is 3.57. The van der Waals surface area contributed by atoms with Gasteiger partial charge in [0.05, 0.1) is 24.8 Å². The lowest BCUT2D eigenvalue weighted by molar-refractivity contribution is -0.126. The molecule has 3 N–H and O–H groups in total. The summed E-state index contributed by atoms with van der Waals surface area (Å²) in [7, 11) is 0. The van der Waals surface area contributed by atoms with Crippen molar-refractivity contribution in [3.8, 4) is 5.75 Å². The molecule has 2 rings (SSSR count). The second kappa shape index (κ2) is 6.79. The van der Waals surface area contributed by atoms with E-state index < -0.39 is 6.04 Å². The molecule has 1 aromatic carbocycles. The highest BCUT2D eigenvalue weighted by atomic mass is 16.5. The highest BCUT2D eigenvalue weighted by molar-refractivity contribution is 5.98. The molecule has 0 spiro atoms. The zero-order valence-electron chi connectivity index (χ0n) is 13.3. The second-order valence-electron chi connectivity index (χ2n) is 5.85. The number of nitrogens with zero attached hydrogens (tertiary/aromatic N) is 1. The number of hydrogen-bond donors (Lipinski definition) is 2. The standard InChI is InChI=1S/C16H23N3O3/c1-10(2)15(17)16(21)18-9-14(20)19-6-7-22-13-8-11(3)4-5-12(13)19/h4-5,8,10,15H,6-7,9,17H2,1-3H3,(H,18,21)/t15-/m0/s1. The van der Waals surface area contributed by atoms with Crippen LogP contribution in [0.1, 0.15) is 19.4 Å². The smallest absolute Gasteiger partial charge is 0.246 e. The zero-order valence-corrected chi connectivity index (χ0v) is 13.3. The van der Waals surface area contributed by atoms with Crippen LogP contribution in [0.15, 0.2) is 18.2 Å². The largest absolute Gasteiger partial charge is 0.490 e. The van der Waals surface area contributed by atoms with Crippen LogP contribution in [0.3, 0.4) is 0 Å². The molecular weight excluding hydrogens is 282 g/mol. The number of benzene rings is 1. The Balaban J connectivity index is 2.01. The molecular formula is C16H23N3O3. The highest BCUT2D eigenvalue weighted by Gasteiger charge is 2.25. The number of rotatable bonds is 4. The molecule has 0 saturated carbocycles. The van der Waals surface area contributed by atoms with E-state index >= 15 is 0 Å². The number of hydrogen-bond acceptors (Lipinski definition) is 4. The Kier molecular flexibility index (Phi) is 5.03. The van der Waals surface area contributed by atoms with Gasteiger partial charge >= 0.3 is 0 Å². The van der Waals surface area contributed by atoms with Gasteiger partial charge in [-0.05, 0) is 30.5 Å². The van der Waals surface area contributed by atoms with Crippen LogP contribution in [0.5, 0.6) is 5.75 Å². The number of amides is 2. The van der Waals surface area contributed by atoms with Crippen LogP contribution in [0, 0.1) is 12.8 Å². The molecule has 0 aromatic heterocycles. The van der Waals surface area contributed by atoms with Crippen LogP contribution in [0.4, 0.5) is 5.69 Å². The van der Waals surface area contributed by atoms with Crippen molar-refractivity contribution in [2.75, 3.05) is 24.6 Å². The average Bonchev–Trinajstić information content (AvgIpc) is 2.50. The van der Waals surface area contributed by atoms with Crippen molar-refractivity contribution in [2.45, 2.75) is 26.8 Å². The SMILES string of the molecule is Cc1ccc2c(c1)OCCN2C(=O)CNC(=O)[C@@H](N)C(C)C. The van der Waals surface area contributed by atoms with Crippen molar-refractivity contribution in [3.05, 3.63) is 23.8 Å². The number of anilines is 1. The Morgan fingerprint density at radius 3 is 2.82 bits per heavy atom. The molecule has 1 heterocycles. The first-order chi connectivity index (χ1) is 10.4. The van der Waals surface area contributed by atoms with Gasteiger partial charge in [-0.2, -0.15) is 0 Å². The van der Waals surface area contributed by atoms with E-state index in [1.165, 1.54) is 0 Å². The number of carbonyl (C=O) groups excluding carboxylic acids is 2. The van der Waals surface area contributed by atoms with E-state index in [9.17, 15) is 9.59 Å². The van der Waals surface area contributed by atoms with Crippen molar-refractivity contribution in [1.29, 1.82) is 0 Å². The maximum atomic E-state index is 12.4. The fourth-order valence-corrected chi connectivity index (χ4v) is 2.27. The monoisotopic (exact) mass is 305 g/mol. The fourth-order valence-electron chi connectivity index (χ4n) is 2.27. The molecule has 1 aliphatic heterocycles. The van der Waals surface area contributed by atoms with Gasteiger partial charge in [0.25, 0.3) is 0 Å². The Morgan fingerprint density at radius 1 is 1.41 bits per heavy atom. The minimum absolute atomic E-state index is 0.0298. The molecule has 6 heteroatoms. The van der Waals surface area contributed by atoms with Crippen molar-refractivity contribution < 1.29 is 14.3 Å². The van der Waals surface area contributed by atoms with Crippen LogP contribution in [0.2, 0.25) is 0 Å². The first-order valence-corrected chi connectivity index (χ1v) is 7.47. The Bertz CT molecular complexity index is 572. The third-order valence-corrected chi connectivity index (χ3v) is 3.71. The van der Waals surface area contributed by atoms with Gasteiger partial charge in [0.2, 0.25) is 11.8 Å². The average molecular weight is 305 g/mol. The van der Waals surface area contributed by atoms with Crippen LogP contribution >= 0.6 is 0 Å². The number of carbonyl (C=O) groups is 2. The molecule has 22 heavy (non-hydrogen) atoms. The maximum absolute atomic E-state index is 12.4. The van der Waals surface area contributed by atoms with E-state index in [0.717, 1.165) is 11.3 Å². The summed E-state index contributed by atoms with van der Waals surface area (Å²) in [6, 6.07) is 5.10. The summed E-state index contributed by atoms with van der Waals surface area (Å²) in [6.45, 7) is 6.56. The van der Waals surface area contributed by atoms with Gasteiger partial charge < -0.3 is 20.7 Å². The van der Waals surface area contributed by atoms with Crippen LogP contribution in [-0.4, -0.2) is 37.6 Å². The molecule has 6 nitrogen and oxygen atoms in total. The number of fused-ring (bicyclic) bond motifs is 1. The number of ether oxygens (including phenoxy) is 1. The molecule has 1 aromatic rings. The van der Waals surface area contributed by atoms with Gasteiger partial charge in [-0.3, -0.25) is 9.59 Å². The zero-order chi connectivity index (χ0) is 16.3. The molecule has 1 aliphatic rings. The number of nitrogens with two attached hydrogens (primary N) is 1. The summed E-state index contributed by atoms with van der Waals surface area (Å²) >= 11 is 0. The molecule has 120 valence electrons. The van der Waals surface area contributed by atoms with Crippen molar-refractivity contribution in [2.24, 2.45) is 11.7 Å². The third-order valence-electron chi connectivity index (χ3n) is 3.71. The topological polar surface area (TPSA) is 84.7 Å². The first kappa shape index (κ1) is 16.3. The quantitative estimate of drug-likeness (QED) is 0.862. The van der Waals surface area contributed by atoms with Crippen LogP contribution in [0.25, 0.3) is 0 Å². The minimum atomic E-state index is -0.604. The molecule has 0 saturated heterocycles. The van der Waals surface area contributed by atoms with Gasteiger partial charge in [-0.1, -0.05) is 19.9 Å². The second-order valence-corrected chi connectivity index (χ2v) is 5.85. The number of aryl methyl sites for hydroxylation is 1. The van der Waals surface area contributed by atoms with Gasteiger partial charge in [0.15, 0.2) is 0 Å². The summed E-state index contributed by atoms with van der Waals surface area (Å²) in [5, 5.41) is 2.61. The predicted molar refractivity (Wildman–Crippen MR) is 84.9 cm³/mol. The minimum Gasteiger partial charge on any atom is -0.490 e. The molecule has 0 radical (unpaired) electrons. The molecule has 0 fully saturated rings. The van der Waals surface area contributed by atoms with Crippen molar-refractivity contribution in [1.82, 2.24) is 5.32 Å². The van der Waals surface area contributed by atoms with E-state index in [4.69, 9.17) is 10.5 Å². The van der Waals surface area contributed by atoms with Crippen LogP contribution in [-0.2, 0) is 9.59 Å².